The van der Waals surface area contributed by atoms with Crippen LogP contribution in [0.1, 0.15) is 17.5 Å². The van der Waals surface area contributed by atoms with E-state index >= 15 is 0 Å². The minimum atomic E-state index is -0.528. The molecule has 1 saturated heterocycles. The van der Waals surface area contributed by atoms with Crippen LogP contribution in [0.25, 0.3) is 0 Å². The van der Waals surface area contributed by atoms with Crippen LogP contribution in [0.4, 0.5) is 4.39 Å². The minimum absolute atomic E-state index is 0.180. The minimum Gasteiger partial charge on any atom is -0.372 e. The van der Waals surface area contributed by atoms with Gasteiger partial charge in [-0.05, 0) is 18.1 Å². The van der Waals surface area contributed by atoms with E-state index in [1.807, 2.05) is 30.3 Å². The molecule has 0 radical (unpaired) electrons. The van der Waals surface area contributed by atoms with Crippen molar-refractivity contribution in [1.29, 1.82) is 0 Å². The third kappa shape index (κ3) is 2.85. The van der Waals surface area contributed by atoms with Crippen molar-refractivity contribution in [3.63, 3.8) is 0 Å². The second-order valence-electron chi connectivity index (χ2n) is 5.62. The molecule has 0 bridgehead atoms. The SMILES string of the molecule is COC1(c2ccccc2F)CCN(Cc2ccccc2)C1. The van der Waals surface area contributed by atoms with Gasteiger partial charge in [-0.3, -0.25) is 4.90 Å². The summed E-state index contributed by atoms with van der Waals surface area (Å²) < 4.78 is 19.9. The van der Waals surface area contributed by atoms with Gasteiger partial charge in [-0.2, -0.15) is 0 Å². The Labute approximate surface area is 125 Å². The number of nitrogens with zero attached hydrogens (tertiary/aromatic N) is 1. The molecule has 0 N–H and O–H groups in total. The Morgan fingerprint density at radius 3 is 2.52 bits per heavy atom. The first kappa shape index (κ1) is 14.2. The molecule has 0 saturated carbocycles. The summed E-state index contributed by atoms with van der Waals surface area (Å²) in [5, 5.41) is 0. The number of rotatable bonds is 4. The predicted molar refractivity (Wildman–Crippen MR) is 81.4 cm³/mol. The average Bonchev–Trinajstić information content (AvgIpc) is 2.93. The van der Waals surface area contributed by atoms with Gasteiger partial charge in [0.1, 0.15) is 11.4 Å². The summed E-state index contributed by atoms with van der Waals surface area (Å²) in [5.41, 5.74) is 1.42. The molecule has 3 heteroatoms. The Balaban J connectivity index is 1.79. The average molecular weight is 285 g/mol. The van der Waals surface area contributed by atoms with Crippen LogP contribution in [-0.4, -0.2) is 25.1 Å². The van der Waals surface area contributed by atoms with Crippen LogP contribution in [0.15, 0.2) is 54.6 Å². The summed E-state index contributed by atoms with van der Waals surface area (Å²) in [6, 6.07) is 17.3. The highest BCUT2D eigenvalue weighted by Crippen LogP contribution is 2.37. The summed E-state index contributed by atoms with van der Waals surface area (Å²) in [4.78, 5) is 2.32. The van der Waals surface area contributed by atoms with Crippen LogP contribution < -0.4 is 0 Å². The molecular weight excluding hydrogens is 265 g/mol. The summed E-state index contributed by atoms with van der Waals surface area (Å²) in [6.45, 7) is 2.51. The van der Waals surface area contributed by atoms with E-state index in [9.17, 15) is 4.39 Å². The van der Waals surface area contributed by atoms with E-state index in [2.05, 4.69) is 17.0 Å². The molecule has 110 valence electrons. The summed E-state index contributed by atoms with van der Waals surface area (Å²) in [5.74, 6) is -0.180. The molecule has 2 nitrogen and oxygen atoms in total. The monoisotopic (exact) mass is 285 g/mol. The van der Waals surface area contributed by atoms with Gasteiger partial charge in [-0.15, -0.1) is 0 Å². The van der Waals surface area contributed by atoms with Gasteiger partial charge in [0, 0.05) is 32.3 Å². The van der Waals surface area contributed by atoms with Gasteiger partial charge in [0.25, 0.3) is 0 Å². The van der Waals surface area contributed by atoms with Gasteiger partial charge in [-0.25, -0.2) is 4.39 Å². The molecule has 1 atom stereocenters. The van der Waals surface area contributed by atoms with E-state index in [0.29, 0.717) is 5.56 Å². The quantitative estimate of drug-likeness (QED) is 0.851. The molecule has 0 spiro atoms. The summed E-state index contributed by atoms with van der Waals surface area (Å²) in [7, 11) is 1.68. The van der Waals surface area contributed by atoms with Crippen molar-refractivity contribution in [1.82, 2.24) is 4.90 Å². The second-order valence-corrected chi connectivity index (χ2v) is 5.62. The zero-order valence-corrected chi connectivity index (χ0v) is 12.3. The standard InChI is InChI=1S/C18H20FNO/c1-21-18(16-9-5-6-10-17(16)19)11-12-20(14-18)13-15-7-3-2-4-8-15/h2-10H,11-14H2,1H3. The third-order valence-electron chi connectivity index (χ3n) is 4.32. The molecule has 1 unspecified atom stereocenters. The summed E-state index contributed by atoms with van der Waals surface area (Å²) >= 11 is 0. The van der Waals surface area contributed by atoms with E-state index in [1.165, 1.54) is 11.6 Å². The fourth-order valence-electron chi connectivity index (χ4n) is 3.16. The zero-order chi connectivity index (χ0) is 14.7. The predicted octanol–water partition coefficient (Wildman–Crippen LogP) is 3.57. The molecule has 0 aromatic heterocycles. The maximum absolute atomic E-state index is 14.1. The fraction of sp³-hybridized carbons (Fsp3) is 0.333. The Bertz CT molecular complexity index is 601. The largest absolute Gasteiger partial charge is 0.372 e. The van der Waals surface area contributed by atoms with Crippen molar-refractivity contribution in [3.8, 4) is 0 Å². The lowest BCUT2D eigenvalue weighted by Gasteiger charge is -2.29. The normalized spacial score (nSPS) is 22.6. The molecule has 2 aromatic rings. The van der Waals surface area contributed by atoms with Gasteiger partial charge in [0.15, 0.2) is 0 Å². The van der Waals surface area contributed by atoms with Gasteiger partial charge < -0.3 is 4.74 Å². The molecule has 21 heavy (non-hydrogen) atoms. The van der Waals surface area contributed by atoms with Crippen molar-refractivity contribution in [3.05, 3.63) is 71.5 Å². The first-order valence-corrected chi connectivity index (χ1v) is 7.30. The number of hydrogen-bond donors (Lipinski definition) is 0. The number of hydrogen-bond acceptors (Lipinski definition) is 2. The van der Waals surface area contributed by atoms with Crippen molar-refractivity contribution < 1.29 is 9.13 Å². The van der Waals surface area contributed by atoms with Crippen molar-refractivity contribution in [2.75, 3.05) is 20.2 Å². The van der Waals surface area contributed by atoms with E-state index in [4.69, 9.17) is 4.74 Å². The maximum Gasteiger partial charge on any atom is 0.129 e. The number of likely N-dealkylation sites (tertiary alicyclic amines) is 1. The Morgan fingerprint density at radius 1 is 1.10 bits per heavy atom. The van der Waals surface area contributed by atoms with Crippen LogP contribution in [0, 0.1) is 5.82 Å². The van der Waals surface area contributed by atoms with E-state index in [1.54, 1.807) is 13.2 Å². The van der Waals surface area contributed by atoms with Gasteiger partial charge in [-0.1, -0.05) is 48.5 Å². The molecule has 1 aliphatic rings. The Hall–Kier alpha value is -1.71. The van der Waals surface area contributed by atoms with Crippen molar-refractivity contribution in [2.24, 2.45) is 0 Å². The molecule has 1 heterocycles. The summed E-state index contributed by atoms with van der Waals surface area (Å²) in [6.07, 6.45) is 0.817. The Kier molecular flexibility index (Phi) is 4.04. The molecule has 0 amide bonds. The van der Waals surface area contributed by atoms with Crippen LogP contribution in [-0.2, 0) is 16.9 Å². The molecule has 1 fully saturated rings. The van der Waals surface area contributed by atoms with Crippen molar-refractivity contribution in [2.45, 2.75) is 18.6 Å². The lowest BCUT2D eigenvalue weighted by Crippen LogP contribution is -2.33. The van der Waals surface area contributed by atoms with Gasteiger partial charge in [0.05, 0.1) is 0 Å². The number of benzene rings is 2. The highest BCUT2D eigenvalue weighted by atomic mass is 19.1. The lowest BCUT2D eigenvalue weighted by molar-refractivity contribution is -0.00914. The second kappa shape index (κ2) is 5.96. The number of methoxy groups -OCH3 is 1. The highest BCUT2D eigenvalue weighted by Gasteiger charge is 2.41. The Morgan fingerprint density at radius 2 is 1.81 bits per heavy atom. The molecule has 3 rings (SSSR count). The van der Waals surface area contributed by atoms with Gasteiger partial charge >= 0.3 is 0 Å². The zero-order valence-electron chi connectivity index (χ0n) is 12.3. The van der Waals surface area contributed by atoms with Crippen LogP contribution in [0.3, 0.4) is 0 Å². The van der Waals surface area contributed by atoms with Gasteiger partial charge in [0.2, 0.25) is 0 Å². The number of ether oxygens (including phenoxy) is 1. The smallest absolute Gasteiger partial charge is 0.129 e. The van der Waals surface area contributed by atoms with E-state index in [0.717, 1.165) is 26.1 Å². The highest BCUT2D eigenvalue weighted by molar-refractivity contribution is 5.27. The topological polar surface area (TPSA) is 12.5 Å². The van der Waals surface area contributed by atoms with E-state index in [-0.39, 0.29) is 5.82 Å². The first-order valence-electron chi connectivity index (χ1n) is 7.30. The molecule has 2 aromatic carbocycles. The lowest BCUT2D eigenvalue weighted by atomic mass is 9.92. The fourth-order valence-corrected chi connectivity index (χ4v) is 3.16. The number of halogens is 1. The van der Waals surface area contributed by atoms with Crippen LogP contribution in [0.2, 0.25) is 0 Å². The maximum atomic E-state index is 14.1. The third-order valence-corrected chi connectivity index (χ3v) is 4.32. The van der Waals surface area contributed by atoms with E-state index < -0.39 is 5.60 Å². The molecule has 1 aliphatic heterocycles. The van der Waals surface area contributed by atoms with Crippen LogP contribution in [0.5, 0.6) is 0 Å². The van der Waals surface area contributed by atoms with Crippen LogP contribution >= 0.6 is 0 Å². The molecule has 0 aliphatic carbocycles. The first-order chi connectivity index (χ1) is 10.2. The molecular formula is C18H20FNO. The van der Waals surface area contributed by atoms with Crippen molar-refractivity contribution >= 4 is 0 Å².